The molecule has 1 atom stereocenters. The summed E-state index contributed by atoms with van der Waals surface area (Å²) in [5.74, 6) is 0.306. The molecule has 1 aromatic rings. The van der Waals surface area contributed by atoms with Crippen LogP contribution in [-0.4, -0.2) is 29.4 Å². The van der Waals surface area contributed by atoms with Crippen molar-refractivity contribution in [2.45, 2.75) is 51.2 Å². The highest BCUT2D eigenvalue weighted by atomic mass is 16.2. The number of aryl methyl sites for hydroxylation is 1. The summed E-state index contributed by atoms with van der Waals surface area (Å²) in [5.41, 5.74) is 2.51. The molecule has 1 saturated carbocycles. The molecule has 1 aliphatic carbocycles. The summed E-state index contributed by atoms with van der Waals surface area (Å²) in [6.07, 6.45) is 4.46. The Morgan fingerprint density at radius 1 is 1.26 bits per heavy atom. The van der Waals surface area contributed by atoms with E-state index in [-0.39, 0.29) is 6.04 Å². The molecule has 1 saturated heterocycles. The number of hydrogen-bond acceptors (Lipinski definition) is 2. The van der Waals surface area contributed by atoms with Crippen molar-refractivity contribution in [1.82, 2.24) is 10.2 Å². The van der Waals surface area contributed by atoms with Crippen LogP contribution in [0, 0.1) is 6.92 Å². The number of rotatable bonds is 4. The van der Waals surface area contributed by atoms with Gasteiger partial charge in [-0.25, -0.2) is 0 Å². The van der Waals surface area contributed by atoms with E-state index in [0.29, 0.717) is 11.9 Å². The molecule has 0 aromatic heterocycles. The zero-order chi connectivity index (χ0) is 13.2. The normalized spacial score (nSPS) is 22.5. The van der Waals surface area contributed by atoms with Gasteiger partial charge < -0.3 is 10.2 Å². The summed E-state index contributed by atoms with van der Waals surface area (Å²) in [6, 6.07) is 9.07. The zero-order valence-corrected chi connectivity index (χ0v) is 11.6. The fraction of sp³-hybridized carbons (Fsp3) is 0.562. The highest BCUT2D eigenvalue weighted by Gasteiger charge is 2.36. The Morgan fingerprint density at radius 2 is 2.00 bits per heavy atom. The van der Waals surface area contributed by atoms with Crippen molar-refractivity contribution in [3.05, 3.63) is 35.4 Å². The van der Waals surface area contributed by atoms with Crippen molar-refractivity contribution in [3.8, 4) is 0 Å². The van der Waals surface area contributed by atoms with E-state index in [2.05, 4.69) is 41.4 Å². The summed E-state index contributed by atoms with van der Waals surface area (Å²) < 4.78 is 0. The number of amides is 1. The summed E-state index contributed by atoms with van der Waals surface area (Å²) in [5, 5.41) is 3.32. The van der Waals surface area contributed by atoms with Crippen molar-refractivity contribution < 1.29 is 4.79 Å². The third-order valence-electron chi connectivity index (χ3n) is 4.10. The Balaban J connectivity index is 1.70. The maximum absolute atomic E-state index is 12.6. The van der Waals surface area contributed by atoms with Gasteiger partial charge in [0, 0.05) is 12.6 Å². The van der Waals surface area contributed by atoms with Crippen LogP contribution in [0.2, 0.25) is 0 Å². The Hall–Kier alpha value is -1.35. The molecule has 0 radical (unpaired) electrons. The molecule has 3 nitrogen and oxygen atoms in total. The van der Waals surface area contributed by atoms with Crippen molar-refractivity contribution >= 4 is 5.91 Å². The molecule has 19 heavy (non-hydrogen) atoms. The van der Waals surface area contributed by atoms with Gasteiger partial charge in [-0.2, -0.15) is 0 Å². The van der Waals surface area contributed by atoms with Crippen LogP contribution in [0.25, 0.3) is 0 Å². The van der Waals surface area contributed by atoms with Crippen LogP contribution >= 0.6 is 0 Å². The van der Waals surface area contributed by atoms with Crippen LogP contribution in [0.15, 0.2) is 24.3 Å². The van der Waals surface area contributed by atoms with E-state index in [4.69, 9.17) is 0 Å². The van der Waals surface area contributed by atoms with Gasteiger partial charge >= 0.3 is 0 Å². The van der Waals surface area contributed by atoms with Crippen molar-refractivity contribution in [3.63, 3.8) is 0 Å². The maximum atomic E-state index is 12.6. The van der Waals surface area contributed by atoms with Gasteiger partial charge in [0.1, 0.15) is 0 Å². The first-order chi connectivity index (χ1) is 9.24. The molecule has 1 aliphatic heterocycles. The van der Waals surface area contributed by atoms with E-state index >= 15 is 0 Å². The van der Waals surface area contributed by atoms with Gasteiger partial charge in [-0.05, 0) is 44.7 Å². The molecule has 1 heterocycles. The van der Waals surface area contributed by atoms with E-state index in [9.17, 15) is 4.79 Å². The zero-order valence-electron chi connectivity index (χ0n) is 11.6. The summed E-state index contributed by atoms with van der Waals surface area (Å²) in [4.78, 5) is 14.7. The first-order valence-corrected chi connectivity index (χ1v) is 7.33. The van der Waals surface area contributed by atoms with Crippen LogP contribution in [0.5, 0.6) is 0 Å². The smallest absolute Gasteiger partial charge is 0.240 e. The maximum Gasteiger partial charge on any atom is 0.240 e. The number of nitrogens with zero attached hydrogens (tertiary/aromatic N) is 1. The van der Waals surface area contributed by atoms with Gasteiger partial charge in [-0.1, -0.05) is 29.8 Å². The Kier molecular flexibility index (Phi) is 3.56. The largest absolute Gasteiger partial charge is 0.334 e. The lowest BCUT2D eigenvalue weighted by Gasteiger charge is -2.26. The average molecular weight is 258 g/mol. The second kappa shape index (κ2) is 5.33. The predicted molar refractivity (Wildman–Crippen MR) is 75.8 cm³/mol. The molecule has 3 heteroatoms. The number of benzene rings is 1. The molecule has 102 valence electrons. The van der Waals surface area contributed by atoms with Gasteiger partial charge in [-0.15, -0.1) is 0 Å². The second-order valence-electron chi connectivity index (χ2n) is 5.83. The van der Waals surface area contributed by atoms with Gasteiger partial charge in [-0.3, -0.25) is 4.79 Å². The van der Waals surface area contributed by atoms with Gasteiger partial charge in [0.15, 0.2) is 0 Å². The number of carbonyl (C=O) groups is 1. The summed E-state index contributed by atoms with van der Waals surface area (Å²) in [6.45, 7) is 3.84. The summed E-state index contributed by atoms with van der Waals surface area (Å²) >= 11 is 0. The lowest BCUT2D eigenvalue weighted by molar-refractivity contribution is -0.134. The highest BCUT2D eigenvalue weighted by Crippen LogP contribution is 2.29. The first-order valence-electron chi connectivity index (χ1n) is 7.33. The van der Waals surface area contributed by atoms with E-state index in [0.717, 1.165) is 25.9 Å². The van der Waals surface area contributed by atoms with E-state index < -0.39 is 0 Å². The van der Waals surface area contributed by atoms with Crippen molar-refractivity contribution in [2.75, 3.05) is 6.54 Å². The molecule has 1 N–H and O–H groups in total. The Morgan fingerprint density at radius 3 is 2.58 bits per heavy atom. The average Bonchev–Trinajstić information content (AvgIpc) is 3.11. The predicted octanol–water partition coefficient (Wildman–Crippen LogP) is 2.24. The van der Waals surface area contributed by atoms with Crippen LogP contribution in [0.4, 0.5) is 0 Å². The minimum Gasteiger partial charge on any atom is -0.334 e. The third kappa shape index (κ3) is 2.98. The van der Waals surface area contributed by atoms with Gasteiger partial charge in [0.05, 0.1) is 6.04 Å². The van der Waals surface area contributed by atoms with Crippen LogP contribution in [0.1, 0.15) is 36.8 Å². The van der Waals surface area contributed by atoms with Crippen molar-refractivity contribution in [2.24, 2.45) is 0 Å². The first kappa shape index (κ1) is 12.7. The summed E-state index contributed by atoms with van der Waals surface area (Å²) in [7, 11) is 0. The van der Waals surface area contributed by atoms with Crippen LogP contribution < -0.4 is 5.32 Å². The SMILES string of the molecule is Cc1ccc(CN(C(=O)C2CCCN2)C2CC2)cc1. The fourth-order valence-electron chi connectivity index (χ4n) is 2.76. The molecule has 3 rings (SSSR count). The van der Waals surface area contributed by atoms with E-state index in [1.165, 1.54) is 24.0 Å². The van der Waals surface area contributed by atoms with Crippen LogP contribution in [-0.2, 0) is 11.3 Å². The van der Waals surface area contributed by atoms with Gasteiger partial charge in [0.25, 0.3) is 0 Å². The lowest BCUT2D eigenvalue weighted by atomic mass is 10.1. The van der Waals surface area contributed by atoms with Crippen molar-refractivity contribution in [1.29, 1.82) is 0 Å². The molecule has 1 unspecified atom stereocenters. The van der Waals surface area contributed by atoms with E-state index in [1.54, 1.807) is 0 Å². The Labute approximate surface area is 115 Å². The molecule has 0 spiro atoms. The minimum atomic E-state index is 0.0612. The topological polar surface area (TPSA) is 32.3 Å². The molecular formula is C16H22N2O. The number of nitrogens with one attached hydrogen (secondary N) is 1. The molecule has 1 aromatic carbocycles. The molecule has 2 aliphatic rings. The Bertz CT molecular complexity index is 444. The fourth-order valence-corrected chi connectivity index (χ4v) is 2.76. The standard InChI is InChI=1S/C16H22N2O/c1-12-4-6-13(7-5-12)11-18(14-8-9-14)16(19)15-3-2-10-17-15/h4-7,14-15,17H,2-3,8-11H2,1H3. The second-order valence-corrected chi connectivity index (χ2v) is 5.83. The number of hydrogen-bond donors (Lipinski definition) is 1. The molecule has 1 amide bonds. The molecule has 2 fully saturated rings. The van der Waals surface area contributed by atoms with Crippen LogP contribution in [0.3, 0.4) is 0 Å². The monoisotopic (exact) mass is 258 g/mol. The quantitative estimate of drug-likeness (QED) is 0.898. The minimum absolute atomic E-state index is 0.0612. The van der Waals surface area contributed by atoms with Gasteiger partial charge in [0.2, 0.25) is 5.91 Å². The highest BCUT2D eigenvalue weighted by molar-refractivity contribution is 5.82. The third-order valence-corrected chi connectivity index (χ3v) is 4.10. The van der Waals surface area contributed by atoms with E-state index in [1.807, 2.05) is 0 Å². The molecular weight excluding hydrogens is 236 g/mol. The lowest BCUT2D eigenvalue weighted by Crippen LogP contribution is -2.44. The number of carbonyl (C=O) groups excluding carboxylic acids is 1. The molecule has 0 bridgehead atoms.